The van der Waals surface area contributed by atoms with Crippen molar-refractivity contribution < 1.29 is 24.0 Å². The second-order valence-electron chi connectivity index (χ2n) is 7.66. The number of nitro benzene ring substituents is 1. The van der Waals surface area contributed by atoms with Crippen molar-refractivity contribution in [2.75, 3.05) is 37.7 Å². The monoisotopic (exact) mass is 407 g/mol. The largest absolute Gasteiger partial charge is 0.444 e. The van der Waals surface area contributed by atoms with E-state index in [9.17, 15) is 19.3 Å². The molecule has 1 N–H and O–H groups in total. The molecular formula is C20H26FN3O5. The molecule has 1 aliphatic rings. The molecule has 2 rings (SSSR count). The van der Waals surface area contributed by atoms with Gasteiger partial charge in [0.15, 0.2) is 5.82 Å². The zero-order valence-electron chi connectivity index (χ0n) is 16.9. The van der Waals surface area contributed by atoms with E-state index in [4.69, 9.17) is 9.84 Å². The predicted molar refractivity (Wildman–Crippen MR) is 106 cm³/mol. The number of carbonyl (C=O) groups is 1. The summed E-state index contributed by atoms with van der Waals surface area (Å²) in [6.07, 6.45) is 0.436. The average Bonchev–Trinajstić information content (AvgIpc) is 2.63. The molecule has 0 saturated carbocycles. The summed E-state index contributed by atoms with van der Waals surface area (Å²) in [5, 5.41) is 19.9. The number of carbonyl (C=O) groups excluding carboxylic acids is 1. The lowest BCUT2D eigenvalue weighted by molar-refractivity contribution is -0.385. The molecule has 0 bridgehead atoms. The van der Waals surface area contributed by atoms with Crippen LogP contribution in [0.25, 0.3) is 0 Å². The molecule has 0 unspecified atom stereocenters. The molecule has 0 aromatic heterocycles. The van der Waals surface area contributed by atoms with Crippen LogP contribution in [0.3, 0.4) is 0 Å². The van der Waals surface area contributed by atoms with Gasteiger partial charge in [-0.1, -0.05) is 11.8 Å². The molecule has 29 heavy (non-hydrogen) atoms. The normalized spacial score (nSPS) is 14.2. The Bertz CT molecular complexity index is 818. The lowest BCUT2D eigenvalue weighted by atomic mass is 10.1. The maximum atomic E-state index is 14.7. The van der Waals surface area contributed by atoms with Crippen molar-refractivity contribution in [2.24, 2.45) is 0 Å². The van der Waals surface area contributed by atoms with Gasteiger partial charge < -0.3 is 19.6 Å². The number of hydrogen-bond donors (Lipinski definition) is 1. The van der Waals surface area contributed by atoms with E-state index < -0.39 is 22.4 Å². The van der Waals surface area contributed by atoms with E-state index in [1.54, 1.807) is 30.6 Å². The molecule has 1 saturated heterocycles. The fourth-order valence-electron chi connectivity index (χ4n) is 2.87. The summed E-state index contributed by atoms with van der Waals surface area (Å²) in [6, 6.07) is 2.14. The van der Waals surface area contributed by atoms with E-state index in [0.29, 0.717) is 39.0 Å². The summed E-state index contributed by atoms with van der Waals surface area (Å²) in [6.45, 7) is 6.71. The zero-order chi connectivity index (χ0) is 21.6. The van der Waals surface area contributed by atoms with E-state index in [1.165, 1.54) is 6.07 Å². The van der Waals surface area contributed by atoms with Gasteiger partial charge in [0.2, 0.25) is 0 Å². The number of nitro groups is 1. The third-order valence-corrected chi connectivity index (χ3v) is 4.19. The molecule has 8 nitrogen and oxygen atoms in total. The van der Waals surface area contributed by atoms with Crippen molar-refractivity contribution >= 4 is 17.5 Å². The molecule has 158 valence electrons. The van der Waals surface area contributed by atoms with Gasteiger partial charge in [-0.05, 0) is 27.2 Å². The Morgan fingerprint density at radius 1 is 1.31 bits per heavy atom. The van der Waals surface area contributed by atoms with Crippen LogP contribution in [0, 0.1) is 27.8 Å². The molecule has 0 atom stereocenters. The van der Waals surface area contributed by atoms with Gasteiger partial charge in [-0.15, -0.1) is 0 Å². The topological polar surface area (TPSA) is 96.2 Å². The summed E-state index contributed by atoms with van der Waals surface area (Å²) in [4.78, 5) is 25.9. The molecular weight excluding hydrogens is 381 g/mol. The number of benzene rings is 1. The Hall–Kier alpha value is -2.86. The van der Waals surface area contributed by atoms with Gasteiger partial charge >= 0.3 is 6.09 Å². The summed E-state index contributed by atoms with van der Waals surface area (Å²) in [5.74, 6) is 4.89. The van der Waals surface area contributed by atoms with Crippen molar-refractivity contribution in [3.05, 3.63) is 33.6 Å². The molecule has 1 aromatic rings. The first kappa shape index (κ1) is 22.4. The zero-order valence-corrected chi connectivity index (χ0v) is 16.9. The lowest BCUT2D eigenvalue weighted by Crippen LogP contribution is -2.50. The number of ether oxygens (including phenoxy) is 1. The predicted octanol–water partition coefficient (Wildman–Crippen LogP) is 2.92. The minimum Gasteiger partial charge on any atom is -0.444 e. The van der Waals surface area contributed by atoms with Gasteiger partial charge in [-0.2, -0.15) is 0 Å². The highest BCUT2D eigenvalue weighted by atomic mass is 19.1. The van der Waals surface area contributed by atoms with Crippen LogP contribution in [0.5, 0.6) is 0 Å². The minimum atomic E-state index is -0.726. The number of unbranched alkanes of at least 4 members (excludes halogenated alkanes) is 1. The first-order chi connectivity index (χ1) is 13.6. The first-order valence-corrected chi connectivity index (χ1v) is 9.43. The quantitative estimate of drug-likeness (QED) is 0.357. The van der Waals surface area contributed by atoms with Gasteiger partial charge in [0.05, 0.1) is 22.2 Å². The highest BCUT2D eigenvalue weighted by Gasteiger charge is 2.28. The fourth-order valence-corrected chi connectivity index (χ4v) is 2.87. The van der Waals surface area contributed by atoms with E-state index in [2.05, 4.69) is 11.8 Å². The molecule has 1 aliphatic heterocycles. The van der Waals surface area contributed by atoms with Crippen molar-refractivity contribution in [2.45, 2.75) is 39.2 Å². The van der Waals surface area contributed by atoms with E-state index in [1.807, 2.05) is 0 Å². The molecule has 0 radical (unpaired) electrons. The number of rotatable bonds is 4. The molecule has 9 heteroatoms. The number of hydrogen-bond acceptors (Lipinski definition) is 6. The van der Waals surface area contributed by atoms with Crippen LogP contribution in [0.1, 0.15) is 39.2 Å². The first-order valence-electron chi connectivity index (χ1n) is 9.43. The minimum absolute atomic E-state index is 0.0164. The molecule has 1 amide bonds. The number of non-ortho nitro benzene ring substituents is 1. The smallest absolute Gasteiger partial charge is 0.410 e. The van der Waals surface area contributed by atoms with Crippen molar-refractivity contribution in [1.82, 2.24) is 4.90 Å². The van der Waals surface area contributed by atoms with Crippen LogP contribution in [0.15, 0.2) is 12.1 Å². The van der Waals surface area contributed by atoms with Crippen molar-refractivity contribution in [3.8, 4) is 11.8 Å². The summed E-state index contributed by atoms with van der Waals surface area (Å²) < 4.78 is 20.1. The maximum Gasteiger partial charge on any atom is 0.410 e. The number of aliphatic hydroxyl groups excluding tert-OH is 1. The van der Waals surface area contributed by atoms with Gasteiger partial charge in [-0.3, -0.25) is 10.1 Å². The SMILES string of the molecule is CC(C)(C)OC(=O)N1CCN(c2c(F)cc([N+](=O)[O-])cc2C#CCCCO)CC1. The molecule has 0 aliphatic carbocycles. The standard InChI is InChI=1S/C20H26FN3O5/c1-20(2,3)29-19(26)23-10-8-22(9-11-23)18-15(7-5-4-6-12-25)13-16(24(27)28)14-17(18)21/h13-14,25H,4,6,8-12H2,1-3H3. The number of nitrogens with zero attached hydrogens (tertiary/aromatic N) is 3. The second-order valence-corrected chi connectivity index (χ2v) is 7.66. The Morgan fingerprint density at radius 2 is 1.97 bits per heavy atom. The van der Waals surface area contributed by atoms with Crippen LogP contribution in [-0.4, -0.2) is 59.4 Å². The van der Waals surface area contributed by atoms with Crippen molar-refractivity contribution in [1.29, 1.82) is 0 Å². The number of piperazine rings is 1. The van der Waals surface area contributed by atoms with Crippen molar-refractivity contribution in [3.63, 3.8) is 0 Å². The van der Waals surface area contributed by atoms with Crippen LogP contribution in [0.2, 0.25) is 0 Å². The van der Waals surface area contributed by atoms with E-state index >= 15 is 0 Å². The maximum absolute atomic E-state index is 14.7. The second kappa shape index (κ2) is 9.56. The van der Waals surface area contributed by atoms with Gasteiger partial charge in [0.25, 0.3) is 5.69 Å². The fraction of sp³-hybridized carbons (Fsp3) is 0.550. The molecule has 1 aromatic carbocycles. The summed E-state index contributed by atoms with van der Waals surface area (Å²) in [7, 11) is 0. The number of anilines is 1. The molecule has 0 spiro atoms. The highest BCUT2D eigenvalue weighted by molar-refractivity contribution is 5.70. The van der Waals surface area contributed by atoms with Gasteiger partial charge in [0, 0.05) is 45.3 Å². The van der Waals surface area contributed by atoms with Crippen LogP contribution >= 0.6 is 0 Å². The van der Waals surface area contributed by atoms with E-state index in [0.717, 1.165) is 6.07 Å². The van der Waals surface area contributed by atoms with Crippen LogP contribution in [0.4, 0.5) is 20.6 Å². The lowest BCUT2D eigenvalue weighted by Gasteiger charge is -2.37. The average molecular weight is 407 g/mol. The number of halogens is 1. The number of amides is 1. The third-order valence-electron chi connectivity index (χ3n) is 4.19. The Morgan fingerprint density at radius 3 is 2.52 bits per heavy atom. The summed E-state index contributed by atoms with van der Waals surface area (Å²) in [5.41, 5.74) is -0.558. The van der Waals surface area contributed by atoms with Crippen LogP contribution in [-0.2, 0) is 4.74 Å². The Labute approximate surface area is 169 Å². The number of aliphatic hydroxyl groups is 1. The van der Waals surface area contributed by atoms with E-state index in [-0.39, 0.29) is 23.5 Å². The van der Waals surface area contributed by atoms with Gasteiger partial charge in [0.1, 0.15) is 5.60 Å². The Kier molecular flexibility index (Phi) is 7.40. The van der Waals surface area contributed by atoms with Gasteiger partial charge in [-0.25, -0.2) is 9.18 Å². The molecule has 1 fully saturated rings. The highest BCUT2D eigenvalue weighted by Crippen LogP contribution is 2.30. The van der Waals surface area contributed by atoms with Crippen LogP contribution < -0.4 is 4.90 Å². The molecule has 1 heterocycles. The third kappa shape index (κ3) is 6.32. The summed E-state index contributed by atoms with van der Waals surface area (Å²) >= 11 is 0. The Balaban J connectivity index is 2.22.